The Morgan fingerprint density at radius 3 is 2.89 bits per heavy atom. The number of hydrogen-bond acceptors (Lipinski definition) is 4. The van der Waals surface area contributed by atoms with Gasteiger partial charge >= 0.3 is 0 Å². The standard InChI is InChI=1S/C13H14N4O/c1-9(10-2-3-10)17-7-11(8-18)13(16-17)12-6-14-4-5-15-12/h4-10H,2-3H2,1H3. The number of aldehydes is 1. The van der Waals surface area contributed by atoms with Gasteiger partial charge in [-0.15, -0.1) is 0 Å². The molecule has 92 valence electrons. The summed E-state index contributed by atoms with van der Waals surface area (Å²) in [5.74, 6) is 0.694. The third-order valence-corrected chi connectivity index (χ3v) is 3.41. The smallest absolute Gasteiger partial charge is 0.153 e. The Kier molecular flexibility index (Phi) is 2.66. The highest BCUT2D eigenvalue weighted by molar-refractivity contribution is 5.84. The fraction of sp³-hybridized carbons (Fsp3) is 0.385. The molecule has 1 aliphatic rings. The molecule has 3 rings (SSSR count). The molecular formula is C13H14N4O. The van der Waals surface area contributed by atoms with E-state index in [0.29, 0.717) is 28.9 Å². The number of nitrogens with zero attached hydrogens (tertiary/aromatic N) is 4. The molecule has 0 spiro atoms. The Hall–Kier alpha value is -2.04. The fourth-order valence-corrected chi connectivity index (χ4v) is 2.12. The molecule has 0 saturated heterocycles. The summed E-state index contributed by atoms with van der Waals surface area (Å²) in [6.07, 6.45) is 9.96. The van der Waals surface area contributed by atoms with Gasteiger partial charge in [-0.2, -0.15) is 5.10 Å². The third-order valence-electron chi connectivity index (χ3n) is 3.41. The Morgan fingerprint density at radius 2 is 2.28 bits per heavy atom. The lowest BCUT2D eigenvalue weighted by Gasteiger charge is -2.09. The van der Waals surface area contributed by atoms with E-state index in [1.807, 2.05) is 4.68 Å². The summed E-state index contributed by atoms with van der Waals surface area (Å²) in [4.78, 5) is 19.3. The minimum absolute atomic E-state index is 0.342. The van der Waals surface area contributed by atoms with Crippen molar-refractivity contribution in [1.82, 2.24) is 19.7 Å². The average molecular weight is 242 g/mol. The fourth-order valence-electron chi connectivity index (χ4n) is 2.12. The molecule has 0 aromatic carbocycles. The second-order valence-corrected chi connectivity index (χ2v) is 4.70. The first-order chi connectivity index (χ1) is 8.79. The largest absolute Gasteiger partial charge is 0.298 e. The number of hydrogen-bond donors (Lipinski definition) is 0. The zero-order valence-electron chi connectivity index (χ0n) is 10.2. The highest BCUT2D eigenvalue weighted by Gasteiger charge is 2.30. The molecule has 5 nitrogen and oxygen atoms in total. The van der Waals surface area contributed by atoms with E-state index in [9.17, 15) is 4.79 Å². The molecule has 2 heterocycles. The van der Waals surface area contributed by atoms with Crippen molar-refractivity contribution in [3.8, 4) is 11.4 Å². The van der Waals surface area contributed by atoms with E-state index in [1.165, 1.54) is 12.8 Å². The van der Waals surface area contributed by atoms with Crippen LogP contribution in [0.3, 0.4) is 0 Å². The topological polar surface area (TPSA) is 60.7 Å². The van der Waals surface area contributed by atoms with Crippen LogP contribution >= 0.6 is 0 Å². The molecule has 1 saturated carbocycles. The van der Waals surface area contributed by atoms with Crippen molar-refractivity contribution < 1.29 is 4.79 Å². The van der Waals surface area contributed by atoms with E-state index in [4.69, 9.17) is 0 Å². The molecule has 2 aromatic heterocycles. The molecule has 0 N–H and O–H groups in total. The third kappa shape index (κ3) is 1.92. The highest BCUT2D eigenvalue weighted by Crippen LogP contribution is 2.39. The van der Waals surface area contributed by atoms with E-state index in [2.05, 4.69) is 22.0 Å². The van der Waals surface area contributed by atoms with Crippen molar-refractivity contribution >= 4 is 6.29 Å². The van der Waals surface area contributed by atoms with Crippen LogP contribution in [0.25, 0.3) is 11.4 Å². The van der Waals surface area contributed by atoms with Crippen LogP contribution < -0.4 is 0 Å². The minimum Gasteiger partial charge on any atom is -0.298 e. The number of carbonyl (C=O) groups is 1. The molecule has 1 unspecified atom stereocenters. The van der Waals surface area contributed by atoms with Gasteiger partial charge in [0.1, 0.15) is 11.4 Å². The lowest BCUT2D eigenvalue weighted by Crippen LogP contribution is -2.07. The van der Waals surface area contributed by atoms with Gasteiger partial charge < -0.3 is 0 Å². The molecular weight excluding hydrogens is 228 g/mol. The predicted molar refractivity (Wildman–Crippen MR) is 66.1 cm³/mol. The maximum absolute atomic E-state index is 11.1. The lowest BCUT2D eigenvalue weighted by atomic mass is 10.2. The van der Waals surface area contributed by atoms with E-state index >= 15 is 0 Å². The van der Waals surface area contributed by atoms with Crippen LogP contribution in [0.2, 0.25) is 0 Å². The van der Waals surface area contributed by atoms with E-state index in [-0.39, 0.29) is 0 Å². The van der Waals surface area contributed by atoms with Crippen molar-refractivity contribution in [3.63, 3.8) is 0 Å². The Morgan fingerprint density at radius 1 is 1.44 bits per heavy atom. The van der Waals surface area contributed by atoms with Gasteiger partial charge in [0.2, 0.25) is 0 Å². The van der Waals surface area contributed by atoms with Crippen LogP contribution in [-0.4, -0.2) is 26.0 Å². The summed E-state index contributed by atoms with van der Waals surface area (Å²) in [6, 6.07) is 0.342. The Balaban J connectivity index is 2.01. The van der Waals surface area contributed by atoms with Gasteiger partial charge in [0.05, 0.1) is 17.8 Å². The number of rotatable bonds is 4. The van der Waals surface area contributed by atoms with E-state index < -0.39 is 0 Å². The van der Waals surface area contributed by atoms with Gasteiger partial charge in [-0.1, -0.05) is 0 Å². The van der Waals surface area contributed by atoms with Gasteiger partial charge in [-0.25, -0.2) is 0 Å². The van der Waals surface area contributed by atoms with Crippen molar-refractivity contribution in [3.05, 3.63) is 30.4 Å². The zero-order valence-corrected chi connectivity index (χ0v) is 10.2. The molecule has 2 aromatic rings. The van der Waals surface area contributed by atoms with Crippen LogP contribution in [0.5, 0.6) is 0 Å². The zero-order chi connectivity index (χ0) is 12.5. The summed E-state index contributed by atoms with van der Waals surface area (Å²) in [6.45, 7) is 2.14. The van der Waals surface area contributed by atoms with Crippen LogP contribution in [0.1, 0.15) is 36.2 Å². The summed E-state index contributed by atoms with van der Waals surface area (Å²) in [7, 11) is 0. The van der Waals surface area contributed by atoms with Gasteiger partial charge in [-0.3, -0.25) is 19.4 Å². The van der Waals surface area contributed by atoms with Crippen LogP contribution in [0.4, 0.5) is 0 Å². The first kappa shape index (κ1) is 11.1. The monoisotopic (exact) mass is 242 g/mol. The normalized spacial score (nSPS) is 16.5. The van der Waals surface area contributed by atoms with Crippen LogP contribution in [0, 0.1) is 5.92 Å². The molecule has 1 fully saturated rings. The SMILES string of the molecule is CC(C1CC1)n1cc(C=O)c(-c2cnccn2)n1. The van der Waals surface area contributed by atoms with E-state index in [0.717, 1.165) is 6.29 Å². The molecule has 18 heavy (non-hydrogen) atoms. The molecule has 5 heteroatoms. The maximum Gasteiger partial charge on any atom is 0.153 e. The predicted octanol–water partition coefficient (Wildman–Crippen LogP) is 2.12. The molecule has 0 aliphatic heterocycles. The first-order valence-electron chi connectivity index (χ1n) is 6.10. The highest BCUT2D eigenvalue weighted by atomic mass is 16.1. The summed E-state index contributed by atoms with van der Waals surface area (Å²) >= 11 is 0. The quantitative estimate of drug-likeness (QED) is 0.770. The molecule has 0 radical (unpaired) electrons. The average Bonchev–Trinajstić information content (AvgIpc) is 3.17. The number of aromatic nitrogens is 4. The van der Waals surface area contributed by atoms with Gasteiger partial charge in [0.15, 0.2) is 6.29 Å². The van der Waals surface area contributed by atoms with Crippen LogP contribution in [-0.2, 0) is 0 Å². The maximum atomic E-state index is 11.1. The second-order valence-electron chi connectivity index (χ2n) is 4.70. The first-order valence-corrected chi connectivity index (χ1v) is 6.10. The van der Waals surface area contributed by atoms with Crippen molar-refractivity contribution in [2.45, 2.75) is 25.8 Å². The van der Waals surface area contributed by atoms with Gasteiger partial charge in [0, 0.05) is 18.6 Å². The lowest BCUT2D eigenvalue weighted by molar-refractivity contribution is 0.112. The molecule has 0 bridgehead atoms. The molecule has 1 aliphatic carbocycles. The van der Waals surface area contributed by atoms with Gasteiger partial charge in [0.25, 0.3) is 0 Å². The summed E-state index contributed by atoms with van der Waals surface area (Å²) < 4.78 is 1.88. The van der Waals surface area contributed by atoms with Gasteiger partial charge in [-0.05, 0) is 25.7 Å². The Bertz CT molecular complexity index is 560. The second kappa shape index (κ2) is 4.33. The molecule has 1 atom stereocenters. The minimum atomic E-state index is 0.342. The van der Waals surface area contributed by atoms with Crippen molar-refractivity contribution in [1.29, 1.82) is 0 Å². The summed E-state index contributed by atoms with van der Waals surface area (Å²) in [5.41, 5.74) is 1.83. The summed E-state index contributed by atoms with van der Waals surface area (Å²) in [5, 5.41) is 4.50. The van der Waals surface area contributed by atoms with E-state index in [1.54, 1.807) is 24.8 Å². The van der Waals surface area contributed by atoms with Crippen molar-refractivity contribution in [2.24, 2.45) is 5.92 Å². The number of carbonyl (C=O) groups excluding carboxylic acids is 1. The van der Waals surface area contributed by atoms with Crippen LogP contribution in [0.15, 0.2) is 24.8 Å². The Labute approximate surface area is 105 Å². The molecule has 0 amide bonds. The van der Waals surface area contributed by atoms with Crippen molar-refractivity contribution in [2.75, 3.05) is 0 Å².